The van der Waals surface area contributed by atoms with Gasteiger partial charge in [0.1, 0.15) is 5.01 Å². The number of halogens is 2. The van der Waals surface area contributed by atoms with Crippen LogP contribution in [0.25, 0.3) is 11.3 Å². The molecule has 1 heterocycles. The van der Waals surface area contributed by atoms with Crippen LogP contribution in [0.15, 0.2) is 23.6 Å². The summed E-state index contributed by atoms with van der Waals surface area (Å²) in [6.45, 7) is 0. The number of thiazole rings is 1. The van der Waals surface area contributed by atoms with Crippen LogP contribution in [0.1, 0.15) is 43.5 Å². The second-order valence-electron chi connectivity index (χ2n) is 5.74. The lowest BCUT2D eigenvalue weighted by molar-refractivity contribution is 0.384. The minimum absolute atomic E-state index is 0.254. The standard InChI is InChI=1S/C16H18Cl2N2S/c17-12-6-5-11(9-13(12)18)14-10-21-15(20-14)16(19)7-3-1-2-4-8-16/h5-6,9-10H,1-4,7-8,19H2. The average Bonchev–Trinajstić information content (AvgIpc) is 2.86. The summed E-state index contributed by atoms with van der Waals surface area (Å²) in [6.07, 6.45) is 7.01. The van der Waals surface area contributed by atoms with Gasteiger partial charge >= 0.3 is 0 Å². The van der Waals surface area contributed by atoms with Crippen LogP contribution in [0.5, 0.6) is 0 Å². The van der Waals surface area contributed by atoms with E-state index in [0.29, 0.717) is 10.0 Å². The molecule has 0 saturated heterocycles. The van der Waals surface area contributed by atoms with E-state index in [4.69, 9.17) is 33.9 Å². The van der Waals surface area contributed by atoms with Crippen LogP contribution in [0.3, 0.4) is 0 Å². The highest BCUT2D eigenvalue weighted by Crippen LogP contribution is 2.37. The molecule has 0 unspecified atom stereocenters. The van der Waals surface area contributed by atoms with Crippen molar-refractivity contribution in [3.05, 3.63) is 38.6 Å². The largest absolute Gasteiger partial charge is 0.319 e. The molecule has 2 N–H and O–H groups in total. The topological polar surface area (TPSA) is 38.9 Å². The Labute approximate surface area is 139 Å². The SMILES string of the molecule is NC1(c2nc(-c3ccc(Cl)c(Cl)c3)cs2)CCCCCC1. The molecule has 0 spiro atoms. The van der Waals surface area contributed by atoms with Gasteiger partial charge in [-0.15, -0.1) is 11.3 Å². The first-order valence-electron chi connectivity index (χ1n) is 7.29. The first-order valence-corrected chi connectivity index (χ1v) is 8.92. The minimum atomic E-state index is -0.254. The molecular formula is C16H18Cl2N2S. The lowest BCUT2D eigenvalue weighted by atomic mass is 9.92. The van der Waals surface area contributed by atoms with Gasteiger partial charge in [-0.1, -0.05) is 55.0 Å². The monoisotopic (exact) mass is 340 g/mol. The van der Waals surface area contributed by atoms with Gasteiger partial charge in [-0.25, -0.2) is 4.98 Å². The lowest BCUT2D eigenvalue weighted by Crippen LogP contribution is -2.35. The zero-order chi connectivity index (χ0) is 14.9. The van der Waals surface area contributed by atoms with Crippen LogP contribution in [-0.4, -0.2) is 4.98 Å². The van der Waals surface area contributed by atoms with Crippen LogP contribution in [0.4, 0.5) is 0 Å². The summed E-state index contributed by atoms with van der Waals surface area (Å²) in [5.74, 6) is 0. The molecule has 112 valence electrons. The fraction of sp³-hybridized carbons (Fsp3) is 0.438. The normalized spacial score (nSPS) is 18.4. The molecule has 0 atom stereocenters. The molecule has 1 aromatic heterocycles. The molecule has 1 aromatic carbocycles. The third-order valence-electron chi connectivity index (χ3n) is 4.14. The van der Waals surface area contributed by atoms with Crippen molar-refractivity contribution < 1.29 is 0 Å². The second kappa shape index (κ2) is 6.25. The number of aromatic nitrogens is 1. The number of hydrogen-bond acceptors (Lipinski definition) is 3. The second-order valence-corrected chi connectivity index (χ2v) is 7.41. The predicted octanol–water partition coefficient (Wildman–Crippen LogP) is 5.63. The van der Waals surface area contributed by atoms with Gasteiger partial charge in [0.15, 0.2) is 0 Å². The molecule has 0 radical (unpaired) electrons. The molecule has 0 bridgehead atoms. The Balaban J connectivity index is 1.90. The molecule has 0 amide bonds. The van der Waals surface area contributed by atoms with Crippen molar-refractivity contribution in [3.8, 4) is 11.3 Å². The van der Waals surface area contributed by atoms with Crippen molar-refractivity contribution in [3.63, 3.8) is 0 Å². The zero-order valence-corrected chi connectivity index (χ0v) is 14.1. The number of hydrogen-bond donors (Lipinski definition) is 1. The smallest absolute Gasteiger partial charge is 0.113 e. The fourth-order valence-electron chi connectivity index (χ4n) is 2.86. The summed E-state index contributed by atoms with van der Waals surface area (Å²) in [6, 6.07) is 5.62. The van der Waals surface area contributed by atoms with Crippen molar-refractivity contribution in [2.24, 2.45) is 5.73 Å². The average molecular weight is 341 g/mol. The predicted molar refractivity (Wildman–Crippen MR) is 91.1 cm³/mol. The van der Waals surface area contributed by atoms with Gasteiger partial charge < -0.3 is 5.73 Å². The van der Waals surface area contributed by atoms with Crippen molar-refractivity contribution >= 4 is 34.5 Å². The molecule has 5 heteroatoms. The summed E-state index contributed by atoms with van der Waals surface area (Å²) in [7, 11) is 0. The number of rotatable bonds is 2. The van der Waals surface area contributed by atoms with Crippen LogP contribution < -0.4 is 5.73 Å². The highest BCUT2D eigenvalue weighted by molar-refractivity contribution is 7.10. The zero-order valence-electron chi connectivity index (χ0n) is 11.7. The van der Waals surface area contributed by atoms with Crippen molar-refractivity contribution in [1.82, 2.24) is 4.98 Å². The lowest BCUT2D eigenvalue weighted by Gasteiger charge is -2.25. The maximum Gasteiger partial charge on any atom is 0.113 e. The Kier molecular flexibility index (Phi) is 4.55. The van der Waals surface area contributed by atoms with Crippen LogP contribution >= 0.6 is 34.5 Å². The van der Waals surface area contributed by atoms with Gasteiger partial charge in [0.05, 0.1) is 21.3 Å². The Morgan fingerprint density at radius 2 is 1.76 bits per heavy atom. The van der Waals surface area contributed by atoms with E-state index in [-0.39, 0.29) is 5.54 Å². The summed E-state index contributed by atoms with van der Waals surface area (Å²) in [5.41, 5.74) is 8.30. The Morgan fingerprint density at radius 3 is 2.43 bits per heavy atom. The highest BCUT2D eigenvalue weighted by atomic mass is 35.5. The summed E-state index contributed by atoms with van der Waals surface area (Å²) in [4.78, 5) is 4.78. The van der Waals surface area contributed by atoms with E-state index in [0.717, 1.165) is 29.1 Å². The molecule has 21 heavy (non-hydrogen) atoms. The van der Waals surface area contributed by atoms with Crippen molar-refractivity contribution in [2.45, 2.75) is 44.1 Å². The first kappa shape index (κ1) is 15.3. The molecule has 1 aliphatic carbocycles. The minimum Gasteiger partial charge on any atom is -0.319 e. The molecule has 2 aromatic rings. The van der Waals surface area contributed by atoms with Gasteiger partial charge in [-0.3, -0.25) is 0 Å². The van der Waals surface area contributed by atoms with E-state index in [1.165, 1.54) is 25.7 Å². The number of nitrogens with zero attached hydrogens (tertiary/aromatic N) is 1. The van der Waals surface area contributed by atoms with Crippen LogP contribution in [0.2, 0.25) is 10.0 Å². The van der Waals surface area contributed by atoms with E-state index in [1.807, 2.05) is 18.2 Å². The van der Waals surface area contributed by atoms with Crippen molar-refractivity contribution in [1.29, 1.82) is 0 Å². The van der Waals surface area contributed by atoms with Gasteiger partial charge in [0.25, 0.3) is 0 Å². The first-order chi connectivity index (χ1) is 10.1. The van der Waals surface area contributed by atoms with E-state index in [1.54, 1.807) is 11.3 Å². The maximum atomic E-state index is 6.63. The number of nitrogens with two attached hydrogens (primary N) is 1. The van der Waals surface area contributed by atoms with Gasteiger partial charge in [0.2, 0.25) is 0 Å². The van der Waals surface area contributed by atoms with E-state index in [9.17, 15) is 0 Å². The van der Waals surface area contributed by atoms with Crippen LogP contribution in [-0.2, 0) is 5.54 Å². The molecule has 1 saturated carbocycles. The van der Waals surface area contributed by atoms with Crippen LogP contribution in [0, 0.1) is 0 Å². The van der Waals surface area contributed by atoms with Gasteiger partial charge in [-0.2, -0.15) is 0 Å². The van der Waals surface area contributed by atoms with E-state index < -0.39 is 0 Å². The molecular weight excluding hydrogens is 323 g/mol. The van der Waals surface area contributed by atoms with Gasteiger partial charge in [-0.05, 0) is 25.0 Å². The quantitative estimate of drug-likeness (QED) is 0.720. The summed E-state index contributed by atoms with van der Waals surface area (Å²) >= 11 is 13.7. The third kappa shape index (κ3) is 3.26. The Bertz CT molecular complexity index is 631. The number of benzene rings is 1. The fourth-order valence-corrected chi connectivity index (χ4v) is 4.16. The Morgan fingerprint density at radius 1 is 1.05 bits per heavy atom. The molecule has 3 rings (SSSR count). The van der Waals surface area contributed by atoms with Gasteiger partial charge in [0, 0.05) is 10.9 Å². The molecule has 0 aliphatic heterocycles. The Hall–Kier alpha value is -0.610. The molecule has 1 fully saturated rings. The third-order valence-corrected chi connectivity index (χ3v) is 5.94. The van der Waals surface area contributed by atoms with Crippen molar-refractivity contribution in [2.75, 3.05) is 0 Å². The van der Waals surface area contributed by atoms with E-state index >= 15 is 0 Å². The highest BCUT2D eigenvalue weighted by Gasteiger charge is 2.31. The molecule has 2 nitrogen and oxygen atoms in total. The summed E-state index contributed by atoms with van der Waals surface area (Å²) in [5, 5.41) is 4.23. The molecule has 1 aliphatic rings. The maximum absolute atomic E-state index is 6.63. The summed E-state index contributed by atoms with van der Waals surface area (Å²) < 4.78 is 0. The van der Waals surface area contributed by atoms with E-state index in [2.05, 4.69) is 5.38 Å².